The number of benzene rings is 2. The number of carbonyl (C=O) groups is 2. The average molecular weight is 540 g/mol. The second-order valence-corrected chi connectivity index (χ2v) is 8.84. The van der Waals surface area contributed by atoms with Crippen molar-refractivity contribution in [3.05, 3.63) is 90.5 Å². The van der Waals surface area contributed by atoms with Crippen molar-refractivity contribution < 1.29 is 18.7 Å². The zero-order valence-electron chi connectivity index (χ0n) is 21.7. The lowest BCUT2D eigenvalue weighted by atomic mass is 10.1. The number of hydrogen-bond acceptors (Lipinski definition) is 8. The minimum atomic E-state index is -1.00. The average Bonchev–Trinajstić information content (AvgIpc) is 3.43. The molecule has 0 aliphatic rings. The van der Waals surface area contributed by atoms with E-state index in [4.69, 9.17) is 4.74 Å². The van der Waals surface area contributed by atoms with Crippen LogP contribution in [-0.4, -0.2) is 58.6 Å². The molecule has 0 bridgehead atoms. The lowest BCUT2D eigenvalue weighted by Crippen LogP contribution is -2.46. The summed E-state index contributed by atoms with van der Waals surface area (Å²) in [6.45, 7) is 0.0156. The highest BCUT2D eigenvalue weighted by atomic mass is 19.1. The van der Waals surface area contributed by atoms with Gasteiger partial charge in [0.1, 0.15) is 17.7 Å². The highest BCUT2D eigenvalue weighted by molar-refractivity contribution is 6.00. The summed E-state index contributed by atoms with van der Waals surface area (Å²) in [7, 11) is 3.00. The Kier molecular flexibility index (Phi) is 7.63. The first-order chi connectivity index (χ1) is 19.4. The van der Waals surface area contributed by atoms with Gasteiger partial charge < -0.3 is 25.7 Å². The standard InChI is InChI=1S/C29H26FN7O3/c1-31-29-33-13-11-23(37-29)24-15-19-14-18(7-10-22(19)35-24)27(38)36-25(28(39)40-2)16-34-26-21(4-3-12-32-26)17-5-8-20(30)9-6-17/h3-15,25,35H,16H2,1-2H3,(H,32,34)(H,36,38)(H,31,33,37). The molecule has 1 unspecified atom stereocenters. The number of ether oxygens (including phenoxy) is 1. The number of anilines is 2. The molecule has 1 atom stereocenters. The molecular formula is C29H26FN7O3. The van der Waals surface area contributed by atoms with Crippen molar-refractivity contribution in [1.29, 1.82) is 0 Å². The number of halogens is 1. The fourth-order valence-electron chi connectivity index (χ4n) is 4.23. The fourth-order valence-corrected chi connectivity index (χ4v) is 4.23. The topological polar surface area (TPSA) is 134 Å². The third-order valence-corrected chi connectivity index (χ3v) is 6.27. The van der Waals surface area contributed by atoms with Crippen molar-refractivity contribution in [2.75, 3.05) is 31.3 Å². The molecular weight excluding hydrogens is 513 g/mol. The van der Waals surface area contributed by atoms with Crippen LogP contribution in [0.4, 0.5) is 16.2 Å². The van der Waals surface area contributed by atoms with E-state index < -0.39 is 17.9 Å². The number of esters is 1. The van der Waals surface area contributed by atoms with Crippen LogP contribution >= 0.6 is 0 Å². The number of nitrogens with one attached hydrogen (secondary N) is 4. The first kappa shape index (κ1) is 26.3. The van der Waals surface area contributed by atoms with Crippen molar-refractivity contribution in [1.82, 2.24) is 25.3 Å². The maximum atomic E-state index is 13.4. The van der Waals surface area contributed by atoms with E-state index in [0.717, 1.165) is 27.7 Å². The van der Waals surface area contributed by atoms with Gasteiger partial charge in [0.15, 0.2) is 0 Å². The van der Waals surface area contributed by atoms with Crippen LogP contribution in [0, 0.1) is 5.82 Å². The van der Waals surface area contributed by atoms with Crippen molar-refractivity contribution in [2.24, 2.45) is 0 Å². The number of aromatic amines is 1. The summed E-state index contributed by atoms with van der Waals surface area (Å²) in [5.41, 5.74) is 4.14. The summed E-state index contributed by atoms with van der Waals surface area (Å²) in [6, 6.07) is 17.5. The molecule has 0 fully saturated rings. The van der Waals surface area contributed by atoms with Crippen LogP contribution in [0.25, 0.3) is 33.4 Å². The van der Waals surface area contributed by atoms with Gasteiger partial charge in [-0.3, -0.25) is 4.79 Å². The van der Waals surface area contributed by atoms with E-state index in [1.54, 1.807) is 61.9 Å². The van der Waals surface area contributed by atoms with Gasteiger partial charge in [0.2, 0.25) is 5.95 Å². The summed E-state index contributed by atoms with van der Waals surface area (Å²) < 4.78 is 18.3. The predicted octanol–water partition coefficient (Wildman–Crippen LogP) is 4.25. The Labute approximate surface area is 229 Å². The van der Waals surface area contributed by atoms with Gasteiger partial charge in [-0.1, -0.05) is 12.1 Å². The molecule has 0 aliphatic heterocycles. The minimum absolute atomic E-state index is 0.0156. The highest BCUT2D eigenvalue weighted by Crippen LogP contribution is 2.26. The number of amides is 1. The van der Waals surface area contributed by atoms with Crippen molar-refractivity contribution in [3.63, 3.8) is 0 Å². The number of H-pyrrole nitrogens is 1. The molecule has 0 saturated heterocycles. The number of nitrogens with zero attached hydrogens (tertiary/aromatic N) is 3. The molecule has 40 heavy (non-hydrogen) atoms. The fraction of sp³-hybridized carbons (Fsp3) is 0.138. The second kappa shape index (κ2) is 11.6. The maximum Gasteiger partial charge on any atom is 0.330 e. The highest BCUT2D eigenvalue weighted by Gasteiger charge is 2.23. The van der Waals surface area contributed by atoms with E-state index in [1.165, 1.54) is 19.2 Å². The van der Waals surface area contributed by atoms with Gasteiger partial charge >= 0.3 is 5.97 Å². The second-order valence-electron chi connectivity index (χ2n) is 8.84. The Hall–Kier alpha value is -5.32. The maximum absolute atomic E-state index is 13.4. The third kappa shape index (κ3) is 5.73. The number of rotatable bonds is 9. The molecule has 0 radical (unpaired) electrons. The van der Waals surface area contributed by atoms with Crippen LogP contribution in [-0.2, 0) is 9.53 Å². The summed E-state index contributed by atoms with van der Waals surface area (Å²) in [5, 5.41) is 9.58. The Bertz CT molecular complexity index is 1670. The third-order valence-electron chi connectivity index (χ3n) is 6.27. The first-order valence-corrected chi connectivity index (χ1v) is 12.4. The molecule has 5 rings (SSSR count). The number of hydrogen-bond donors (Lipinski definition) is 4. The van der Waals surface area contributed by atoms with Crippen LogP contribution in [0.5, 0.6) is 0 Å². The van der Waals surface area contributed by atoms with Gasteiger partial charge in [-0.15, -0.1) is 0 Å². The van der Waals surface area contributed by atoms with Crippen LogP contribution < -0.4 is 16.0 Å². The monoisotopic (exact) mass is 539 g/mol. The van der Waals surface area contributed by atoms with Crippen LogP contribution in [0.1, 0.15) is 10.4 Å². The molecule has 4 N–H and O–H groups in total. The van der Waals surface area contributed by atoms with Gasteiger partial charge in [0.05, 0.1) is 18.5 Å². The van der Waals surface area contributed by atoms with Crippen LogP contribution in [0.15, 0.2) is 79.1 Å². The molecule has 0 saturated carbocycles. The van der Waals surface area contributed by atoms with E-state index >= 15 is 0 Å². The van der Waals surface area contributed by atoms with Crippen molar-refractivity contribution in [3.8, 4) is 22.5 Å². The molecule has 10 nitrogen and oxygen atoms in total. The molecule has 5 aromatic rings. The van der Waals surface area contributed by atoms with Crippen molar-refractivity contribution in [2.45, 2.75) is 6.04 Å². The van der Waals surface area contributed by atoms with E-state index in [0.29, 0.717) is 23.0 Å². The summed E-state index contributed by atoms with van der Waals surface area (Å²) in [5.74, 6) is -0.434. The van der Waals surface area contributed by atoms with E-state index in [-0.39, 0.29) is 12.4 Å². The van der Waals surface area contributed by atoms with Gasteiger partial charge in [0.25, 0.3) is 5.91 Å². The molecule has 1 amide bonds. The summed E-state index contributed by atoms with van der Waals surface area (Å²) >= 11 is 0. The zero-order chi connectivity index (χ0) is 28.1. The molecule has 0 spiro atoms. The lowest BCUT2D eigenvalue weighted by Gasteiger charge is -2.19. The SMILES string of the molecule is CNc1nccc(-c2cc3cc(C(=O)NC(CNc4ncccc4-c4ccc(F)cc4)C(=O)OC)ccc3[nH]2)n1. The van der Waals surface area contributed by atoms with Crippen molar-refractivity contribution >= 4 is 34.5 Å². The minimum Gasteiger partial charge on any atom is -0.467 e. The van der Waals surface area contributed by atoms with E-state index in [2.05, 4.69) is 35.9 Å². The largest absolute Gasteiger partial charge is 0.467 e. The number of fused-ring (bicyclic) bond motifs is 1. The van der Waals surface area contributed by atoms with Gasteiger partial charge in [-0.2, -0.15) is 0 Å². The summed E-state index contributed by atoms with van der Waals surface area (Å²) in [6.07, 6.45) is 3.26. The first-order valence-electron chi connectivity index (χ1n) is 12.4. The molecule has 2 aromatic carbocycles. The Morgan fingerprint density at radius 1 is 1.02 bits per heavy atom. The molecule has 0 aliphatic carbocycles. The van der Waals surface area contributed by atoms with E-state index in [1.807, 2.05) is 12.1 Å². The van der Waals surface area contributed by atoms with Gasteiger partial charge in [-0.25, -0.2) is 24.1 Å². The van der Waals surface area contributed by atoms with Gasteiger partial charge in [-0.05, 0) is 60.2 Å². The smallest absolute Gasteiger partial charge is 0.330 e. The Morgan fingerprint density at radius 2 is 1.85 bits per heavy atom. The predicted molar refractivity (Wildman–Crippen MR) is 150 cm³/mol. The number of methoxy groups -OCH3 is 1. The van der Waals surface area contributed by atoms with Crippen LogP contribution in [0.3, 0.4) is 0 Å². The normalized spacial score (nSPS) is 11.6. The number of aromatic nitrogens is 4. The molecule has 202 valence electrons. The lowest BCUT2D eigenvalue weighted by molar-refractivity contribution is -0.142. The molecule has 3 heterocycles. The van der Waals surface area contributed by atoms with Crippen LogP contribution in [0.2, 0.25) is 0 Å². The van der Waals surface area contributed by atoms with E-state index in [9.17, 15) is 14.0 Å². The van der Waals surface area contributed by atoms with Gasteiger partial charge in [0, 0.05) is 48.0 Å². The Balaban J connectivity index is 1.33. The Morgan fingerprint density at radius 3 is 2.62 bits per heavy atom. The zero-order valence-corrected chi connectivity index (χ0v) is 21.7. The number of carbonyl (C=O) groups excluding carboxylic acids is 2. The quantitative estimate of drug-likeness (QED) is 0.204. The number of pyridine rings is 1. The molecule has 3 aromatic heterocycles. The summed E-state index contributed by atoms with van der Waals surface area (Å²) in [4.78, 5) is 42.0. The molecule has 11 heteroatoms.